The molecule has 0 radical (unpaired) electrons. The number of nitrogens with zero attached hydrogens (tertiary/aromatic N) is 5. The zero-order chi connectivity index (χ0) is 19.5. The molecule has 1 atom stereocenters. The lowest BCUT2D eigenvalue weighted by Gasteiger charge is -2.33. The van der Waals surface area contributed by atoms with Gasteiger partial charge in [0, 0.05) is 45.2 Å². The molecule has 0 amide bonds. The van der Waals surface area contributed by atoms with Gasteiger partial charge in [-0.15, -0.1) is 10.2 Å². The maximum atomic E-state index is 4.72. The van der Waals surface area contributed by atoms with Gasteiger partial charge in [0.1, 0.15) is 12.2 Å². The molecule has 1 aliphatic heterocycles. The molecule has 7 heteroatoms. The average molecular weight is 378 g/mol. The van der Waals surface area contributed by atoms with E-state index in [0.29, 0.717) is 5.92 Å². The molecule has 0 aromatic carbocycles. The van der Waals surface area contributed by atoms with Crippen LogP contribution in [-0.4, -0.2) is 64.4 Å². The molecule has 154 valence electrons. The molecule has 0 saturated carbocycles. The van der Waals surface area contributed by atoms with Gasteiger partial charge in [-0.25, -0.2) is 0 Å². The summed E-state index contributed by atoms with van der Waals surface area (Å²) in [6.07, 6.45) is 7.94. The molecule has 0 aliphatic carbocycles. The van der Waals surface area contributed by atoms with Crippen molar-refractivity contribution in [1.29, 1.82) is 0 Å². The van der Waals surface area contributed by atoms with Crippen molar-refractivity contribution in [2.75, 3.05) is 32.7 Å². The highest BCUT2D eigenvalue weighted by atomic mass is 15.3. The summed E-state index contributed by atoms with van der Waals surface area (Å²) < 4.78 is 2.10. The molecular weight excluding hydrogens is 338 g/mol. The molecule has 2 N–H and O–H groups in total. The van der Waals surface area contributed by atoms with E-state index in [4.69, 9.17) is 4.99 Å². The summed E-state index contributed by atoms with van der Waals surface area (Å²) >= 11 is 0. The Hall–Kier alpha value is -1.63. The number of guanidine groups is 1. The average Bonchev–Trinajstić information content (AvgIpc) is 3.11. The fourth-order valence-corrected chi connectivity index (χ4v) is 3.46. The standard InChI is InChI=1S/C20H39N7/c1-5-19-25-24-16-27(19)14-11-22-20(23-15-17(2)3)21-10-8-13-26-12-7-6-9-18(26)4/h16-18H,5-15H2,1-4H3,(H2,21,22,23). The van der Waals surface area contributed by atoms with Gasteiger partial charge in [-0.2, -0.15) is 0 Å². The van der Waals surface area contributed by atoms with Crippen LogP contribution in [0.3, 0.4) is 0 Å². The number of aliphatic imine (C=N–C) groups is 1. The minimum absolute atomic E-state index is 0.558. The van der Waals surface area contributed by atoms with Gasteiger partial charge in [-0.05, 0) is 38.6 Å². The van der Waals surface area contributed by atoms with Crippen molar-refractivity contribution in [3.8, 4) is 0 Å². The zero-order valence-electron chi connectivity index (χ0n) is 17.7. The van der Waals surface area contributed by atoms with Crippen LogP contribution in [0.4, 0.5) is 0 Å². The van der Waals surface area contributed by atoms with Crippen LogP contribution in [-0.2, 0) is 13.0 Å². The Bertz CT molecular complexity index is 552. The summed E-state index contributed by atoms with van der Waals surface area (Å²) in [5, 5.41) is 15.1. The number of aryl methyl sites for hydroxylation is 1. The molecule has 1 unspecified atom stereocenters. The van der Waals surface area contributed by atoms with Crippen molar-refractivity contribution in [3.63, 3.8) is 0 Å². The van der Waals surface area contributed by atoms with Gasteiger partial charge >= 0.3 is 0 Å². The minimum atomic E-state index is 0.558. The fraction of sp³-hybridized carbons (Fsp3) is 0.850. The monoisotopic (exact) mass is 377 g/mol. The van der Waals surface area contributed by atoms with Gasteiger partial charge in [0.25, 0.3) is 0 Å². The number of aromatic nitrogens is 3. The number of hydrogen-bond donors (Lipinski definition) is 2. The van der Waals surface area contributed by atoms with Crippen molar-refractivity contribution in [2.45, 2.75) is 72.4 Å². The first kappa shape index (κ1) is 21.7. The number of nitrogens with one attached hydrogen (secondary N) is 2. The molecule has 0 bridgehead atoms. The van der Waals surface area contributed by atoms with E-state index in [9.17, 15) is 0 Å². The fourth-order valence-electron chi connectivity index (χ4n) is 3.46. The van der Waals surface area contributed by atoms with Crippen LogP contribution in [0.1, 0.15) is 59.2 Å². The smallest absolute Gasteiger partial charge is 0.191 e. The molecule has 1 aromatic rings. The third kappa shape index (κ3) is 7.87. The molecule has 2 heterocycles. The summed E-state index contributed by atoms with van der Waals surface area (Å²) in [5.41, 5.74) is 0. The molecule has 1 saturated heterocycles. The summed E-state index contributed by atoms with van der Waals surface area (Å²) in [6.45, 7) is 14.8. The first-order chi connectivity index (χ1) is 13.1. The lowest BCUT2D eigenvalue weighted by atomic mass is 10.0. The Labute approximate surface area is 165 Å². The SMILES string of the molecule is CCc1nncn1CCNC(=NCC(C)C)NCCCN1CCCCC1C. The second-order valence-corrected chi connectivity index (χ2v) is 7.97. The lowest BCUT2D eigenvalue weighted by molar-refractivity contribution is 0.159. The van der Waals surface area contributed by atoms with Gasteiger partial charge in [0.15, 0.2) is 5.96 Å². The molecule has 1 aliphatic rings. The summed E-state index contributed by atoms with van der Waals surface area (Å²) in [7, 11) is 0. The van der Waals surface area contributed by atoms with Crippen LogP contribution in [0.5, 0.6) is 0 Å². The topological polar surface area (TPSA) is 70.4 Å². The van der Waals surface area contributed by atoms with Crippen LogP contribution < -0.4 is 10.6 Å². The van der Waals surface area contributed by atoms with E-state index in [1.54, 1.807) is 6.33 Å². The highest BCUT2D eigenvalue weighted by molar-refractivity contribution is 5.79. The number of rotatable bonds is 10. The number of likely N-dealkylation sites (tertiary alicyclic amines) is 1. The first-order valence-corrected chi connectivity index (χ1v) is 10.7. The number of piperidine rings is 1. The van der Waals surface area contributed by atoms with Crippen LogP contribution >= 0.6 is 0 Å². The Morgan fingerprint density at radius 3 is 2.81 bits per heavy atom. The minimum Gasteiger partial charge on any atom is -0.356 e. The largest absolute Gasteiger partial charge is 0.356 e. The molecule has 2 rings (SSSR count). The summed E-state index contributed by atoms with van der Waals surface area (Å²) in [4.78, 5) is 7.35. The molecular formula is C20H39N7. The van der Waals surface area contributed by atoms with Crippen LogP contribution in [0.15, 0.2) is 11.3 Å². The summed E-state index contributed by atoms with van der Waals surface area (Å²) in [5.74, 6) is 2.50. The van der Waals surface area contributed by atoms with Gasteiger partial charge in [0.05, 0.1) is 0 Å². The van der Waals surface area contributed by atoms with E-state index in [1.165, 1.54) is 32.4 Å². The number of hydrogen-bond acceptors (Lipinski definition) is 4. The predicted molar refractivity (Wildman–Crippen MR) is 112 cm³/mol. The third-order valence-electron chi connectivity index (χ3n) is 5.13. The predicted octanol–water partition coefficient (Wildman–Crippen LogP) is 2.30. The highest BCUT2D eigenvalue weighted by Gasteiger charge is 2.17. The molecule has 7 nitrogen and oxygen atoms in total. The van der Waals surface area contributed by atoms with E-state index < -0.39 is 0 Å². The Morgan fingerprint density at radius 1 is 1.26 bits per heavy atom. The van der Waals surface area contributed by atoms with Crippen LogP contribution in [0, 0.1) is 5.92 Å². The summed E-state index contributed by atoms with van der Waals surface area (Å²) in [6, 6.07) is 0.738. The van der Waals surface area contributed by atoms with Crippen LogP contribution in [0.2, 0.25) is 0 Å². The van der Waals surface area contributed by atoms with E-state index in [-0.39, 0.29) is 0 Å². The molecule has 0 spiro atoms. The maximum Gasteiger partial charge on any atom is 0.191 e. The molecule has 1 aromatic heterocycles. The maximum absolute atomic E-state index is 4.72. The second kappa shape index (κ2) is 12.0. The Kier molecular flexibility index (Phi) is 9.59. The highest BCUT2D eigenvalue weighted by Crippen LogP contribution is 2.15. The van der Waals surface area contributed by atoms with Crippen molar-refractivity contribution in [3.05, 3.63) is 12.2 Å². The first-order valence-electron chi connectivity index (χ1n) is 10.7. The van der Waals surface area contributed by atoms with Gasteiger partial charge in [-0.1, -0.05) is 27.2 Å². The zero-order valence-corrected chi connectivity index (χ0v) is 17.7. The molecule has 1 fully saturated rings. The quantitative estimate of drug-likeness (QED) is 0.372. The van der Waals surface area contributed by atoms with Crippen LogP contribution in [0.25, 0.3) is 0 Å². The molecule has 27 heavy (non-hydrogen) atoms. The van der Waals surface area contributed by atoms with E-state index in [2.05, 4.69) is 58.0 Å². The van der Waals surface area contributed by atoms with Gasteiger partial charge in [0.2, 0.25) is 0 Å². The van der Waals surface area contributed by atoms with E-state index in [0.717, 1.165) is 56.8 Å². The Morgan fingerprint density at radius 2 is 2.07 bits per heavy atom. The Balaban J connectivity index is 1.73. The van der Waals surface area contributed by atoms with Crippen molar-refractivity contribution in [2.24, 2.45) is 10.9 Å². The normalized spacial score (nSPS) is 18.9. The van der Waals surface area contributed by atoms with Gasteiger partial charge < -0.3 is 20.1 Å². The lowest BCUT2D eigenvalue weighted by Crippen LogP contribution is -2.42. The second-order valence-electron chi connectivity index (χ2n) is 7.97. The van der Waals surface area contributed by atoms with Crippen molar-refractivity contribution >= 4 is 5.96 Å². The third-order valence-corrected chi connectivity index (χ3v) is 5.13. The van der Waals surface area contributed by atoms with E-state index in [1.807, 2.05) is 0 Å². The van der Waals surface area contributed by atoms with Gasteiger partial charge in [-0.3, -0.25) is 4.99 Å². The van der Waals surface area contributed by atoms with Crippen molar-refractivity contribution in [1.82, 2.24) is 30.3 Å². The van der Waals surface area contributed by atoms with Crippen molar-refractivity contribution < 1.29 is 0 Å². The van der Waals surface area contributed by atoms with E-state index >= 15 is 0 Å².